The number of carbonyl (C=O) groups excluding carboxylic acids is 1. The second-order valence-electron chi connectivity index (χ2n) is 3.89. The predicted molar refractivity (Wildman–Crippen MR) is 75.0 cm³/mol. The van der Waals surface area contributed by atoms with Crippen molar-refractivity contribution in [2.45, 2.75) is 0 Å². The van der Waals surface area contributed by atoms with E-state index in [-0.39, 0.29) is 18.1 Å². The van der Waals surface area contributed by atoms with Crippen molar-refractivity contribution in [1.29, 1.82) is 0 Å². The second kappa shape index (κ2) is 6.20. The third kappa shape index (κ3) is 3.96. The summed E-state index contributed by atoms with van der Waals surface area (Å²) in [5.41, 5.74) is 0.900. The number of hydrogen-bond donors (Lipinski definition) is 2. The van der Waals surface area contributed by atoms with Gasteiger partial charge in [0.15, 0.2) is 0 Å². The molecule has 19 heavy (non-hydrogen) atoms. The van der Waals surface area contributed by atoms with E-state index in [0.29, 0.717) is 5.02 Å². The Balaban J connectivity index is 1.93. The van der Waals surface area contributed by atoms with Crippen LogP contribution in [-0.2, 0) is 4.79 Å². The summed E-state index contributed by atoms with van der Waals surface area (Å²) in [5.74, 6) is -0.859. The third-order valence-electron chi connectivity index (χ3n) is 2.43. The van der Waals surface area contributed by atoms with Gasteiger partial charge < -0.3 is 10.6 Å². The zero-order valence-corrected chi connectivity index (χ0v) is 10.7. The highest BCUT2D eigenvalue weighted by Crippen LogP contribution is 2.19. The summed E-state index contributed by atoms with van der Waals surface area (Å²) in [5, 5.41) is 5.76. The average molecular weight is 279 g/mol. The molecule has 0 bridgehead atoms. The van der Waals surface area contributed by atoms with Gasteiger partial charge in [-0.05, 0) is 30.3 Å². The van der Waals surface area contributed by atoms with E-state index in [1.165, 1.54) is 18.2 Å². The minimum absolute atomic E-state index is 0.0516. The largest absolute Gasteiger partial charge is 0.376 e. The van der Waals surface area contributed by atoms with Crippen LogP contribution in [0.25, 0.3) is 0 Å². The highest BCUT2D eigenvalue weighted by molar-refractivity contribution is 6.30. The first kappa shape index (κ1) is 13.4. The maximum atomic E-state index is 13.4. The number of carbonyl (C=O) groups is 1. The molecule has 0 saturated heterocycles. The van der Waals surface area contributed by atoms with Gasteiger partial charge in [-0.2, -0.15) is 0 Å². The van der Waals surface area contributed by atoms with E-state index in [2.05, 4.69) is 10.6 Å². The van der Waals surface area contributed by atoms with Gasteiger partial charge in [-0.3, -0.25) is 4.79 Å². The lowest BCUT2D eigenvalue weighted by molar-refractivity contribution is -0.114. The van der Waals surface area contributed by atoms with Crippen LogP contribution >= 0.6 is 11.6 Å². The van der Waals surface area contributed by atoms with Crippen LogP contribution in [0.4, 0.5) is 15.8 Å². The summed E-state index contributed by atoms with van der Waals surface area (Å²) in [6, 6.07) is 13.3. The van der Waals surface area contributed by atoms with E-state index in [4.69, 9.17) is 11.6 Å². The van der Waals surface area contributed by atoms with Gasteiger partial charge in [0.1, 0.15) is 5.82 Å². The monoisotopic (exact) mass is 278 g/mol. The number of hydrogen-bond acceptors (Lipinski definition) is 2. The molecule has 0 aliphatic rings. The van der Waals surface area contributed by atoms with Crippen molar-refractivity contribution >= 4 is 28.9 Å². The predicted octanol–water partition coefficient (Wildman–Crippen LogP) is 3.53. The maximum Gasteiger partial charge on any atom is 0.243 e. The Labute approximate surface area is 115 Å². The molecule has 0 radical (unpaired) electrons. The molecule has 0 unspecified atom stereocenters. The topological polar surface area (TPSA) is 41.1 Å². The first-order chi connectivity index (χ1) is 9.15. The molecule has 0 aliphatic carbocycles. The molecule has 0 heterocycles. The van der Waals surface area contributed by atoms with Crippen LogP contribution in [0.3, 0.4) is 0 Å². The van der Waals surface area contributed by atoms with Crippen LogP contribution in [-0.4, -0.2) is 12.5 Å². The fraction of sp³-hybridized carbons (Fsp3) is 0.0714. The lowest BCUT2D eigenvalue weighted by Crippen LogP contribution is -2.22. The minimum Gasteiger partial charge on any atom is -0.376 e. The summed E-state index contributed by atoms with van der Waals surface area (Å²) in [4.78, 5) is 11.7. The number of anilines is 2. The molecule has 0 aliphatic heterocycles. The highest BCUT2D eigenvalue weighted by Gasteiger charge is 2.07. The van der Waals surface area contributed by atoms with E-state index in [1.807, 2.05) is 30.3 Å². The van der Waals surface area contributed by atoms with Gasteiger partial charge in [0.25, 0.3) is 0 Å². The lowest BCUT2D eigenvalue weighted by atomic mass is 10.3. The fourth-order valence-electron chi connectivity index (χ4n) is 1.53. The molecular formula is C14H12ClFN2O. The van der Waals surface area contributed by atoms with Crippen LogP contribution < -0.4 is 10.6 Å². The Bertz CT molecular complexity index is 575. The summed E-state index contributed by atoms with van der Waals surface area (Å²) in [7, 11) is 0. The Morgan fingerprint density at radius 3 is 2.63 bits per heavy atom. The van der Waals surface area contributed by atoms with Crippen LogP contribution in [0, 0.1) is 5.82 Å². The van der Waals surface area contributed by atoms with Crippen molar-refractivity contribution in [3.63, 3.8) is 0 Å². The van der Waals surface area contributed by atoms with Crippen LogP contribution in [0.15, 0.2) is 48.5 Å². The Kier molecular flexibility index (Phi) is 4.36. The van der Waals surface area contributed by atoms with Crippen molar-refractivity contribution in [3.8, 4) is 0 Å². The van der Waals surface area contributed by atoms with E-state index < -0.39 is 5.82 Å². The average Bonchev–Trinajstić information content (AvgIpc) is 2.42. The van der Waals surface area contributed by atoms with Gasteiger partial charge in [-0.25, -0.2) is 4.39 Å². The van der Waals surface area contributed by atoms with Gasteiger partial charge in [-0.1, -0.05) is 29.8 Å². The second-order valence-corrected chi connectivity index (χ2v) is 4.33. The molecule has 2 rings (SSSR count). The smallest absolute Gasteiger partial charge is 0.243 e. The van der Waals surface area contributed by atoms with Crippen LogP contribution in [0.5, 0.6) is 0 Å². The molecule has 0 atom stereocenters. The van der Waals surface area contributed by atoms with E-state index >= 15 is 0 Å². The summed E-state index contributed by atoms with van der Waals surface area (Å²) in [6.45, 7) is 0.0516. The SMILES string of the molecule is O=C(CNc1ccccc1)Nc1cc(Cl)ccc1F. The number of benzene rings is 2. The first-order valence-electron chi connectivity index (χ1n) is 5.69. The van der Waals surface area contributed by atoms with Gasteiger partial charge in [0, 0.05) is 10.7 Å². The zero-order valence-electron chi connectivity index (χ0n) is 9.99. The van der Waals surface area contributed by atoms with Gasteiger partial charge in [0.2, 0.25) is 5.91 Å². The molecule has 98 valence electrons. The van der Waals surface area contributed by atoms with E-state index in [9.17, 15) is 9.18 Å². The molecule has 0 aromatic heterocycles. The molecule has 5 heteroatoms. The maximum absolute atomic E-state index is 13.4. The molecule has 2 aromatic carbocycles. The standard InChI is InChI=1S/C14H12ClFN2O/c15-10-6-7-12(16)13(8-10)18-14(19)9-17-11-4-2-1-3-5-11/h1-8,17H,9H2,(H,18,19). The van der Waals surface area contributed by atoms with Gasteiger partial charge in [0.05, 0.1) is 12.2 Å². The zero-order chi connectivity index (χ0) is 13.7. The molecule has 0 spiro atoms. The van der Waals surface area contributed by atoms with Gasteiger partial charge in [-0.15, -0.1) is 0 Å². The molecule has 3 nitrogen and oxygen atoms in total. The Morgan fingerprint density at radius 1 is 1.16 bits per heavy atom. The van der Waals surface area contributed by atoms with Gasteiger partial charge >= 0.3 is 0 Å². The first-order valence-corrected chi connectivity index (χ1v) is 6.07. The van der Waals surface area contributed by atoms with E-state index in [0.717, 1.165) is 5.69 Å². The molecule has 2 aromatic rings. The number of rotatable bonds is 4. The molecule has 0 saturated carbocycles. The van der Waals surface area contributed by atoms with E-state index in [1.54, 1.807) is 0 Å². The summed E-state index contributed by atoms with van der Waals surface area (Å²) in [6.07, 6.45) is 0. The number of nitrogens with one attached hydrogen (secondary N) is 2. The van der Waals surface area contributed by atoms with Crippen LogP contribution in [0.2, 0.25) is 5.02 Å². The molecule has 2 N–H and O–H groups in total. The minimum atomic E-state index is -0.516. The van der Waals surface area contributed by atoms with Crippen molar-refractivity contribution in [2.24, 2.45) is 0 Å². The van der Waals surface area contributed by atoms with Crippen molar-refractivity contribution < 1.29 is 9.18 Å². The van der Waals surface area contributed by atoms with Crippen molar-refractivity contribution in [3.05, 3.63) is 59.4 Å². The quantitative estimate of drug-likeness (QED) is 0.898. The highest BCUT2D eigenvalue weighted by atomic mass is 35.5. The fourth-order valence-corrected chi connectivity index (χ4v) is 1.70. The van der Waals surface area contributed by atoms with Crippen molar-refractivity contribution in [1.82, 2.24) is 0 Å². The molecule has 0 fully saturated rings. The third-order valence-corrected chi connectivity index (χ3v) is 2.66. The lowest BCUT2D eigenvalue weighted by Gasteiger charge is -2.08. The van der Waals surface area contributed by atoms with Crippen molar-refractivity contribution in [2.75, 3.05) is 17.2 Å². The van der Waals surface area contributed by atoms with Crippen LogP contribution in [0.1, 0.15) is 0 Å². The number of para-hydroxylation sites is 1. The normalized spacial score (nSPS) is 10.0. The number of amides is 1. The Morgan fingerprint density at radius 2 is 1.89 bits per heavy atom. The Hall–Kier alpha value is -2.07. The summed E-state index contributed by atoms with van der Waals surface area (Å²) >= 11 is 5.74. The molecule has 1 amide bonds. The summed E-state index contributed by atoms with van der Waals surface area (Å²) < 4.78 is 13.4. The molecular weight excluding hydrogens is 267 g/mol. The number of halogens is 2.